The quantitative estimate of drug-likeness (QED) is 0.0184. The van der Waals surface area contributed by atoms with Gasteiger partial charge in [-0.3, -0.25) is 43.3 Å². The third kappa shape index (κ3) is 23.7. The molecule has 0 aromatic rings. The molecule has 13 N–H and O–H groups in total. The Morgan fingerprint density at radius 1 is 0.648 bits per heavy atom. The summed E-state index contributed by atoms with van der Waals surface area (Å²) in [6.45, 7) is 7.88. The number of nitrogens with zero attached hydrogens (tertiary/aromatic N) is 1. The lowest BCUT2D eigenvalue weighted by Gasteiger charge is -2.22. The second-order valence-corrected chi connectivity index (χ2v) is 13.4. The Kier molecular flexibility index (Phi) is 24.4. The molecule has 54 heavy (non-hydrogen) atoms. The van der Waals surface area contributed by atoms with Gasteiger partial charge < -0.3 is 58.8 Å². The maximum Gasteiger partial charge on any atom is 0.308 e. The van der Waals surface area contributed by atoms with Crippen LogP contribution in [0.25, 0.3) is 0 Å². The first-order chi connectivity index (χ1) is 25.3. The first-order valence-electron chi connectivity index (χ1n) is 18.1. The van der Waals surface area contributed by atoms with E-state index in [1.165, 1.54) is 20.8 Å². The van der Waals surface area contributed by atoms with Crippen molar-refractivity contribution >= 4 is 53.3 Å². The molecule has 0 saturated heterocycles. The van der Waals surface area contributed by atoms with Crippen molar-refractivity contribution < 1.29 is 52.9 Å². The van der Waals surface area contributed by atoms with E-state index >= 15 is 0 Å². The number of hydrogen-bond acceptors (Lipinski definition) is 13. The number of nitrogens with one attached hydrogen (secondary N) is 4. The molecule has 0 aromatic heterocycles. The van der Waals surface area contributed by atoms with Gasteiger partial charge in [-0.1, -0.05) is 6.42 Å². The Balaban J connectivity index is 4.69. The lowest BCUT2D eigenvalue weighted by molar-refractivity contribution is -0.151. The maximum absolute atomic E-state index is 12.8. The number of ketones is 1. The zero-order chi connectivity index (χ0) is 41.4. The molecule has 0 fully saturated rings. The summed E-state index contributed by atoms with van der Waals surface area (Å²) in [7, 11) is 0. The van der Waals surface area contributed by atoms with Crippen molar-refractivity contribution in [2.45, 2.75) is 135 Å². The van der Waals surface area contributed by atoms with Crippen LogP contribution in [0.3, 0.4) is 0 Å². The first-order valence-corrected chi connectivity index (χ1v) is 18.1. The Hall–Kier alpha value is -4.85. The fourth-order valence-electron chi connectivity index (χ4n) is 5.12. The van der Waals surface area contributed by atoms with Crippen molar-refractivity contribution in [1.82, 2.24) is 21.3 Å². The number of carboxylic acid groups (broad SMARTS) is 1. The third-order valence-electron chi connectivity index (χ3n) is 7.76. The standard InChI is InChI=1S/C34H61N9O11/c1-19(13-29(47)53-21(3)15-25(44)17-24(33(51)52)9-6-7-11-35)40-27(45)16-22(4)54-30(48)14-20(2)41-31(49)23(5)42-32(50)26(43-28(46)18-36)10-8-12-39-34(37)38/h19-24,26H,6-18,35-36H2,1-5H3,(H,40,45)(H,41,49)(H,42,50)(H,43,46)(H,51,52)(H4,37,38,39)/t19-,20-,21+,22+,23-,24+,26-/m0/s1. The number of hydrogen-bond donors (Lipinski definition) is 9. The summed E-state index contributed by atoms with van der Waals surface area (Å²) in [5, 5.41) is 19.6. The molecule has 308 valence electrons. The number of carboxylic acids is 1. The predicted octanol–water partition coefficient (Wildman–Crippen LogP) is -1.79. The van der Waals surface area contributed by atoms with Crippen LogP contribution in [-0.2, 0) is 47.8 Å². The fraction of sp³-hybridized carbons (Fsp3) is 0.735. The van der Waals surface area contributed by atoms with Crippen molar-refractivity contribution in [3.8, 4) is 0 Å². The Morgan fingerprint density at radius 2 is 1.22 bits per heavy atom. The molecule has 0 saturated carbocycles. The summed E-state index contributed by atoms with van der Waals surface area (Å²) in [4.78, 5) is 102. The number of ether oxygens (including phenoxy) is 2. The predicted molar refractivity (Wildman–Crippen MR) is 197 cm³/mol. The van der Waals surface area contributed by atoms with E-state index in [4.69, 9.17) is 32.4 Å². The van der Waals surface area contributed by atoms with Crippen LogP contribution in [0.1, 0.15) is 98.8 Å². The number of unbranched alkanes of at least 4 members (excludes halogenated alkanes) is 1. The first kappa shape index (κ1) is 49.1. The number of nitrogens with two attached hydrogens (primary N) is 4. The number of aliphatic carboxylic acids is 1. The summed E-state index contributed by atoms with van der Waals surface area (Å²) in [6.07, 6.45) is -0.513. The van der Waals surface area contributed by atoms with Crippen LogP contribution in [0.2, 0.25) is 0 Å². The van der Waals surface area contributed by atoms with Crippen molar-refractivity contribution in [3.05, 3.63) is 0 Å². The van der Waals surface area contributed by atoms with E-state index in [9.17, 15) is 43.5 Å². The third-order valence-corrected chi connectivity index (χ3v) is 7.76. The van der Waals surface area contributed by atoms with E-state index in [1.54, 1.807) is 13.8 Å². The molecule has 0 rings (SSSR count). The van der Waals surface area contributed by atoms with Gasteiger partial charge in [-0.15, -0.1) is 0 Å². The lowest BCUT2D eigenvalue weighted by Crippen LogP contribution is -2.54. The molecule has 0 aliphatic carbocycles. The van der Waals surface area contributed by atoms with Gasteiger partial charge in [0.25, 0.3) is 0 Å². The minimum absolute atomic E-state index is 0.118. The number of carbonyl (C=O) groups is 8. The molecular formula is C34H61N9O11. The van der Waals surface area contributed by atoms with E-state index < -0.39 is 83.8 Å². The molecule has 0 spiro atoms. The summed E-state index contributed by atoms with van der Waals surface area (Å²) in [5.74, 6) is -6.03. The highest BCUT2D eigenvalue weighted by atomic mass is 16.5. The summed E-state index contributed by atoms with van der Waals surface area (Å²) >= 11 is 0. The number of amides is 4. The highest BCUT2D eigenvalue weighted by Gasteiger charge is 2.26. The van der Waals surface area contributed by atoms with Crippen molar-refractivity contribution in [1.29, 1.82) is 0 Å². The molecule has 0 aromatic carbocycles. The monoisotopic (exact) mass is 771 g/mol. The Bertz CT molecular complexity index is 1290. The van der Waals surface area contributed by atoms with Crippen LogP contribution < -0.4 is 44.2 Å². The SMILES string of the molecule is C[C@H](CC(=O)C[C@@H](CCCCN)C(=O)O)OC(=O)C[C@H](C)NC(=O)C[C@@H](C)OC(=O)C[C@H](C)NC(=O)[C@H](C)NC(=O)[C@H](CCCN=C(N)N)NC(=O)CN. The van der Waals surface area contributed by atoms with Crippen LogP contribution >= 0.6 is 0 Å². The normalized spacial score (nSPS) is 14.7. The van der Waals surface area contributed by atoms with E-state index in [0.717, 1.165) is 0 Å². The molecule has 20 nitrogen and oxygen atoms in total. The van der Waals surface area contributed by atoms with Crippen LogP contribution in [-0.4, -0.2) is 114 Å². The number of esters is 2. The molecule has 7 atom stereocenters. The van der Waals surface area contributed by atoms with Crippen LogP contribution in [0, 0.1) is 5.92 Å². The van der Waals surface area contributed by atoms with Gasteiger partial charge in [0.15, 0.2) is 5.96 Å². The van der Waals surface area contributed by atoms with Crippen LogP contribution in [0.4, 0.5) is 0 Å². The topological polar surface area (TPSA) is 340 Å². The van der Waals surface area contributed by atoms with Gasteiger partial charge in [0.2, 0.25) is 23.6 Å². The molecule has 0 aliphatic rings. The largest absolute Gasteiger partial charge is 0.481 e. The maximum atomic E-state index is 12.8. The molecule has 20 heteroatoms. The molecule has 0 bridgehead atoms. The smallest absolute Gasteiger partial charge is 0.308 e. The van der Waals surface area contributed by atoms with Gasteiger partial charge in [0, 0.05) is 31.5 Å². The number of aliphatic imine (C=N–C) groups is 1. The van der Waals surface area contributed by atoms with Crippen LogP contribution in [0.15, 0.2) is 4.99 Å². The summed E-state index contributed by atoms with van der Waals surface area (Å²) in [5.41, 5.74) is 21.4. The minimum atomic E-state index is -1.07. The van der Waals surface area contributed by atoms with Crippen molar-refractivity contribution in [2.24, 2.45) is 33.8 Å². The van der Waals surface area contributed by atoms with E-state index in [-0.39, 0.29) is 63.4 Å². The second-order valence-electron chi connectivity index (χ2n) is 13.4. The number of guanidine groups is 1. The molecule has 0 heterocycles. The lowest BCUT2D eigenvalue weighted by atomic mass is 9.94. The van der Waals surface area contributed by atoms with E-state index in [1.807, 2.05) is 0 Å². The zero-order valence-corrected chi connectivity index (χ0v) is 32.0. The average molecular weight is 772 g/mol. The minimum Gasteiger partial charge on any atom is -0.481 e. The molecule has 0 radical (unpaired) electrons. The van der Waals surface area contributed by atoms with Gasteiger partial charge in [-0.25, -0.2) is 0 Å². The van der Waals surface area contributed by atoms with Gasteiger partial charge in [0.05, 0.1) is 31.7 Å². The number of rotatable bonds is 28. The molecule has 0 unspecified atom stereocenters. The van der Waals surface area contributed by atoms with E-state index in [2.05, 4.69) is 26.3 Å². The van der Waals surface area contributed by atoms with Gasteiger partial charge in [0.1, 0.15) is 30.1 Å². The molecular weight excluding hydrogens is 710 g/mol. The van der Waals surface area contributed by atoms with Gasteiger partial charge in [-0.2, -0.15) is 0 Å². The fourth-order valence-corrected chi connectivity index (χ4v) is 5.12. The van der Waals surface area contributed by atoms with Crippen molar-refractivity contribution in [2.75, 3.05) is 19.6 Å². The zero-order valence-electron chi connectivity index (χ0n) is 32.0. The number of Topliss-reactive ketones (excluding diaryl/α,β-unsaturated/α-hetero) is 1. The highest BCUT2D eigenvalue weighted by molar-refractivity contribution is 5.92. The Morgan fingerprint density at radius 3 is 1.76 bits per heavy atom. The van der Waals surface area contributed by atoms with Crippen LogP contribution in [0.5, 0.6) is 0 Å². The molecule has 4 amide bonds. The van der Waals surface area contributed by atoms with Gasteiger partial charge in [-0.05, 0) is 66.8 Å². The summed E-state index contributed by atoms with van der Waals surface area (Å²) in [6, 6.07) is -3.39. The Labute approximate surface area is 316 Å². The molecule has 0 aliphatic heterocycles. The van der Waals surface area contributed by atoms with Gasteiger partial charge >= 0.3 is 17.9 Å². The second kappa shape index (κ2) is 26.8. The summed E-state index contributed by atoms with van der Waals surface area (Å²) < 4.78 is 10.6. The van der Waals surface area contributed by atoms with Crippen molar-refractivity contribution in [3.63, 3.8) is 0 Å². The number of carbonyl (C=O) groups excluding carboxylic acids is 7. The average Bonchev–Trinajstić information content (AvgIpc) is 3.04. The highest BCUT2D eigenvalue weighted by Crippen LogP contribution is 2.16. The van der Waals surface area contributed by atoms with E-state index in [0.29, 0.717) is 32.2 Å².